The van der Waals surface area contributed by atoms with Crippen LogP contribution in [0.25, 0.3) is 10.9 Å². The average Bonchev–Trinajstić information content (AvgIpc) is 3.40. The molecule has 0 fully saturated rings. The lowest BCUT2D eigenvalue weighted by atomic mass is 10.1. The number of imidazole rings is 1. The van der Waals surface area contributed by atoms with Gasteiger partial charge in [0.05, 0.1) is 19.9 Å². The maximum absolute atomic E-state index is 12.9. The fourth-order valence-corrected chi connectivity index (χ4v) is 3.88. The summed E-state index contributed by atoms with van der Waals surface area (Å²) < 4.78 is 7.28. The molecule has 3 rings (SSSR count). The van der Waals surface area contributed by atoms with Gasteiger partial charge in [-0.05, 0) is 49.9 Å². The summed E-state index contributed by atoms with van der Waals surface area (Å²) in [7, 11) is 1.64. The summed E-state index contributed by atoms with van der Waals surface area (Å²) in [6.07, 6.45) is 10.3. The van der Waals surface area contributed by atoms with Gasteiger partial charge in [-0.25, -0.2) is 4.98 Å². The molecule has 7 nitrogen and oxygen atoms in total. The normalized spacial score (nSPS) is 12.1. The molecule has 7 heteroatoms. The summed E-state index contributed by atoms with van der Waals surface area (Å²) in [6, 6.07) is 5.85. The van der Waals surface area contributed by atoms with Crippen molar-refractivity contribution in [3.05, 3.63) is 48.2 Å². The van der Waals surface area contributed by atoms with Crippen LogP contribution in [0.1, 0.15) is 62.9 Å². The summed E-state index contributed by atoms with van der Waals surface area (Å²) in [5.41, 5.74) is 2.96. The number of fused-ring (bicyclic) bond motifs is 1. The number of nitrogens with zero attached hydrogens (tertiary/aromatic N) is 2. The zero-order valence-electron chi connectivity index (χ0n) is 18.6. The van der Waals surface area contributed by atoms with E-state index in [2.05, 4.69) is 15.3 Å². The molecule has 3 aromatic rings. The third-order valence-corrected chi connectivity index (χ3v) is 5.70. The number of aryl methyl sites for hydroxylation is 1. The van der Waals surface area contributed by atoms with E-state index in [-0.39, 0.29) is 18.5 Å². The molecule has 0 saturated carbocycles. The Labute approximate surface area is 183 Å². The SMILES string of the molecule is CCC(=O)CCCCC[C@@H](NC(=O)Cc1c(C)[nH]c2ccc(OC)cc12)n1ccnc1. The second-order valence-corrected chi connectivity index (χ2v) is 7.90. The molecule has 166 valence electrons. The Morgan fingerprint density at radius 3 is 2.81 bits per heavy atom. The van der Waals surface area contributed by atoms with Crippen molar-refractivity contribution >= 4 is 22.6 Å². The van der Waals surface area contributed by atoms with Gasteiger partial charge in [-0.1, -0.05) is 13.3 Å². The molecule has 0 radical (unpaired) electrons. The number of Topliss-reactive ketones (excluding diaryl/α,β-unsaturated/α-hetero) is 1. The van der Waals surface area contributed by atoms with E-state index in [0.717, 1.165) is 53.6 Å². The summed E-state index contributed by atoms with van der Waals surface area (Å²) in [4.78, 5) is 31.9. The lowest BCUT2D eigenvalue weighted by Crippen LogP contribution is -2.33. The number of methoxy groups -OCH3 is 1. The minimum Gasteiger partial charge on any atom is -0.497 e. The summed E-state index contributed by atoms with van der Waals surface area (Å²) in [5.74, 6) is 1.04. The van der Waals surface area contributed by atoms with Crippen molar-refractivity contribution in [1.82, 2.24) is 19.9 Å². The fraction of sp³-hybridized carbons (Fsp3) is 0.458. The van der Waals surface area contributed by atoms with Crippen LogP contribution in [-0.4, -0.2) is 33.3 Å². The lowest BCUT2D eigenvalue weighted by Gasteiger charge is -2.20. The first-order chi connectivity index (χ1) is 15.0. The lowest BCUT2D eigenvalue weighted by molar-refractivity contribution is -0.122. The van der Waals surface area contributed by atoms with Crippen LogP contribution in [0, 0.1) is 6.92 Å². The van der Waals surface area contributed by atoms with Gasteiger partial charge in [-0.3, -0.25) is 9.59 Å². The number of ether oxygens (including phenoxy) is 1. The second kappa shape index (κ2) is 10.8. The Morgan fingerprint density at radius 2 is 2.10 bits per heavy atom. The molecule has 0 aliphatic heterocycles. The molecule has 0 bridgehead atoms. The first-order valence-electron chi connectivity index (χ1n) is 11.0. The Bertz CT molecular complexity index is 1010. The highest BCUT2D eigenvalue weighted by Crippen LogP contribution is 2.27. The Morgan fingerprint density at radius 1 is 1.26 bits per heavy atom. The number of aromatic amines is 1. The first kappa shape index (κ1) is 22.6. The molecule has 0 aliphatic rings. The number of rotatable bonds is 12. The monoisotopic (exact) mass is 424 g/mol. The van der Waals surface area contributed by atoms with Gasteiger partial charge in [-0.15, -0.1) is 0 Å². The van der Waals surface area contributed by atoms with Crippen LogP contribution in [0.3, 0.4) is 0 Å². The maximum atomic E-state index is 12.9. The van der Waals surface area contributed by atoms with Crippen LogP contribution in [-0.2, 0) is 16.0 Å². The van der Waals surface area contributed by atoms with Crippen LogP contribution >= 0.6 is 0 Å². The van der Waals surface area contributed by atoms with Gasteiger partial charge in [-0.2, -0.15) is 0 Å². The number of hydrogen-bond acceptors (Lipinski definition) is 4. The smallest absolute Gasteiger partial charge is 0.226 e. The Hall–Kier alpha value is -3.09. The Kier molecular flexibility index (Phi) is 7.87. The molecular formula is C24H32N4O3. The third kappa shape index (κ3) is 5.96. The number of amides is 1. The van der Waals surface area contributed by atoms with E-state index >= 15 is 0 Å². The van der Waals surface area contributed by atoms with Gasteiger partial charge in [0, 0.05) is 41.8 Å². The average molecular weight is 425 g/mol. The topological polar surface area (TPSA) is 89.0 Å². The second-order valence-electron chi connectivity index (χ2n) is 7.90. The number of ketones is 1. The van der Waals surface area contributed by atoms with Crippen LogP contribution in [0.4, 0.5) is 0 Å². The predicted octanol–water partition coefficient (Wildman–Crippen LogP) is 4.47. The number of benzene rings is 1. The molecule has 0 aliphatic carbocycles. The molecule has 2 heterocycles. The molecule has 0 spiro atoms. The first-order valence-corrected chi connectivity index (χ1v) is 11.0. The highest BCUT2D eigenvalue weighted by molar-refractivity contribution is 5.91. The van der Waals surface area contributed by atoms with Crippen LogP contribution in [0.2, 0.25) is 0 Å². The molecule has 0 unspecified atom stereocenters. The van der Waals surface area contributed by atoms with E-state index in [1.165, 1.54) is 0 Å². The molecule has 1 aromatic carbocycles. The van der Waals surface area contributed by atoms with E-state index in [4.69, 9.17) is 4.74 Å². The fourth-order valence-electron chi connectivity index (χ4n) is 3.88. The quantitative estimate of drug-likeness (QED) is 0.420. The zero-order chi connectivity index (χ0) is 22.2. The Balaban J connectivity index is 1.63. The van der Waals surface area contributed by atoms with Crippen LogP contribution in [0.5, 0.6) is 5.75 Å². The van der Waals surface area contributed by atoms with Crippen molar-refractivity contribution in [2.75, 3.05) is 7.11 Å². The molecule has 1 atom stereocenters. The third-order valence-electron chi connectivity index (χ3n) is 5.70. The number of carbonyl (C=O) groups excluding carboxylic acids is 2. The van der Waals surface area contributed by atoms with Crippen molar-refractivity contribution in [1.29, 1.82) is 0 Å². The number of H-pyrrole nitrogens is 1. The van der Waals surface area contributed by atoms with Crippen molar-refractivity contribution < 1.29 is 14.3 Å². The van der Waals surface area contributed by atoms with Gasteiger partial charge in [0.2, 0.25) is 5.91 Å². The van der Waals surface area contributed by atoms with Crippen molar-refractivity contribution in [3.63, 3.8) is 0 Å². The molecular weight excluding hydrogens is 392 g/mol. The molecule has 31 heavy (non-hydrogen) atoms. The largest absolute Gasteiger partial charge is 0.497 e. The van der Waals surface area contributed by atoms with Crippen LogP contribution < -0.4 is 10.1 Å². The van der Waals surface area contributed by atoms with Crippen molar-refractivity contribution in [3.8, 4) is 5.75 Å². The number of carbonyl (C=O) groups is 2. The molecule has 2 aromatic heterocycles. The van der Waals surface area contributed by atoms with Crippen molar-refractivity contribution in [2.45, 2.75) is 65.0 Å². The number of aromatic nitrogens is 3. The minimum atomic E-state index is -0.156. The van der Waals surface area contributed by atoms with Gasteiger partial charge < -0.3 is 19.6 Å². The number of nitrogens with one attached hydrogen (secondary N) is 2. The number of hydrogen-bond donors (Lipinski definition) is 2. The van der Waals surface area contributed by atoms with Gasteiger partial charge in [0.25, 0.3) is 0 Å². The van der Waals surface area contributed by atoms with Crippen LogP contribution in [0.15, 0.2) is 36.9 Å². The highest BCUT2D eigenvalue weighted by Gasteiger charge is 2.17. The zero-order valence-corrected chi connectivity index (χ0v) is 18.6. The highest BCUT2D eigenvalue weighted by atomic mass is 16.5. The van der Waals surface area contributed by atoms with E-state index in [0.29, 0.717) is 18.6 Å². The van der Waals surface area contributed by atoms with E-state index in [1.54, 1.807) is 19.6 Å². The van der Waals surface area contributed by atoms with Gasteiger partial charge >= 0.3 is 0 Å². The summed E-state index contributed by atoms with van der Waals surface area (Å²) in [5, 5.41) is 4.17. The standard InChI is InChI=1S/C24H32N4O3/c1-4-18(29)8-6-5-7-9-23(28-13-12-25-16-28)27-24(30)15-20-17(2)26-22-11-10-19(31-3)14-21(20)22/h10-14,16,23,26H,4-9,15H2,1-3H3,(H,27,30)/t23-/m0/s1. The van der Waals surface area contributed by atoms with E-state index in [1.807, 2.05) is 42.8 Å². The van der Waals surface area contributed by atoms with Gasteiger partial charge in [0.1, 0.15) is 17.7 Å². The summed E-state index contributed by atoms with van der Waals surface area (Å²) in [6.45, 7) is 3.89. The number of unbranched alkanes of at least 4 members (excludes halogenated alkanes) is 2. The molecule has 2 N–H and O–H groups in total. The maximum Gasteiger partial charge on any atom is 0.226 e. The van der Waals surface area contributed by atoms with E-state index in [9.17, 15) is 9.59 Å². The molecule has 0 saturated heterocycles. The molecule has 1 amide bonds. The van der Waals surface area contributed by atoms with E-state index < -0.39 is 0 Å². The summed E-state index contributed by atoms with van der Waals surface area (Å²) >= 11 is 0. The van der Waals surface area contributed by atoms with Crippen molar-refractivity contribution in [2.24, 2.45) is 0 Å². The minimum absolute atomic E-state index is 0.0355. The van der Waals surface area contributed by atoms with Gasteiger partial charge in [0.15, 0.2) is 0 Å². The predicted molar refractivity (Wildman–Crippen MR) is 121 cm³/mol.